The largest absolute Gasteiger partial charge is 0.504 e. The zero-order chi connectivity index (χ0) is 18.6. The molecule has 0 aromatic heterocycles. The van der Waals surface area contributed by atoms with E-state index in [-0.39, 0.29) is 22.6 Å². The third kappa shape index (κ3) is 3.26. The summed E-state index contributed by atoms with van der Waals surface area (Å²) in [5, 5.41) is 10.4. The lowest BCUT2D eigenvalue weighted by Crippen LogP contribution is -2.05. The normalized spacial score (nSPS) is 10.1. The highest BCUT2D eigenvalue weighted by Crippen LogP contribution is 2.42. The Kier molecular flexibility index (Phi) is 5.59. The van der Waals surface area contributed by atoms with E-state index in [1.54, 1.807) is 6.07 Å². The van der Waals surface area contributed by atoms with E-state index in [0.29, 0.717) is 23.0 Å². The highest BCUT2D eigenvalue weighted by Gasteiger charge is 2.23. The van der Waals surface area contributed by atoms with Gasteiger partial charge in [-0.1, -0.05) is 0 Å². The van der Waals surface area contributed by atoms with Gasteiger partial charge in [0.15, 0.2) is 28.8 Å². The van der Waals surface area contributed by atoms with E-state index in [4.69, 9.17) is 23.7 Å². The summed E-state index contributed by atoms with van der Waals surface area (Å²) in [5.41, 5.74) is 0.323. The van der Waals surface area contributed by atoms with Crippen molar-refractivity contribution in [1.29, 1.82) is 0 Å². The fourth-order valence-electron chi connectivity index (χ4n) is 2.46. The van der Waals surface area contributed by atoms with Crippen LogP contribution in [0, 0.1) is 0 Å². The summed E-state index contributed by atoms with van der Waals surface area (Å²) in [6, 6.07) is 6.03. The van der Waals surface area contributed by atoms with Crippen molar-refractivity contribution >= 4 is 5.78 Å². The molecule has 0 fully saturated rings. The molecule has 0 saturated heterocycles. The fourth-order valence-corrected chi connectivity index (χ4v) is 2.46. The maximum Gasteiger partial charge on any atom is 0.203 e. The molecule has 0 bridgehead atoms. The van der Waals surface area contributed by atoms with Crippen molar-refractivity contribution in [1.82, 2.24) is 0 Å². The molecule has 0 radical (unpaired) electrons. The Morgan fingerprint density at radius 3 is 1.72 bits per heavy atom. The van der Waals surface area contributed by atoms with Crippen molar-refractivity contribution in [2.75, 3.05) is 35.5 Å². The molecule has 0 atom stereocenters. The molecule has 2 rings (SSSR count). The van der Waals surface area contributed by atoms with E-state index in [0.717, 1.165) is 0 Å². The van der Waals surface area contributed by atoms with Crippen LogP contribution in [-0.4, -0.2) is 46.4 Å². The molecule has 0 aliphatic carbocycles. The van der Waals surface area contributed by atoms with E-state index < -0.39 is 5.78 Å². The summed E-state index contributed by atoms with van der Waals surface area (Å²) in [5.74, 6) is 0.717. The minimum Gasteiger partial charge on any atom is -0.504 e. The average Bonchev–Trinajstić information content (AvgIpc) is 2.65. The molecule has 0 saturated carbocycles. The lowest BCUT2D eigenvalue weighted by atomic mass is 10.0. The number of phenols is 1. The van der Waals surface area contributed by atoms with Crippen LogP contribution in [0.5, 0.6) is 34.5 Å². The van der Waals surface area contributed by atoms with Gasteiger partial charge in [-0.25, -0.2) is 0 Å². The van der Waals surface area contributed by atoms with Crippen molar-refractivity contribution in [3.8, 4) is 34.5 Å². The summed E-state index contributed by atoms with van der Waals surface area (Å²) < 4.78 is 26.0. The van der Waals surface area contributed by atoms with Gasteiger partial charge in [0.2, 0.25) is 11.5 Å². The molecule has 2 aromatic carbocycles. The third-order valence-corrected chi connectivity index (χ3v) is 3.69. The van der Waals surface area contributed by atoms with E-state index in [9.17, 15) is 9.90 Å². The van der Waals surface area contributed by atoms with Crippen LogP contribution in [0.2, 0.25) is 0 Å². The molecule has 0 aliphatic rings. The third-order valence-electron chi connectivity index (χ3n) is 3.69. The van der Waals surface area contributed by atoms with Gasteiger partial charge >= 0.3 is 0 Å². The number of methoxy groups -OCH3 is 5. The van der Waals surface area contributed by atoms with Gasteiger partial charge in [0.25, 0.3) is 0 Å². The Bertz CT molecular complexity index is 758. The van der Waals surface area contributed by atoms with Crippen LogP contribution in [0.3, 0.4) is 0 Å². The molecular weight excluding hydrogens is 328 g/mol. The van der Waals surface area contributed by atoms with Crippen LogP contribution in [0.15, 0.2) is 24.3 Å². The summed E-state index contributed by atoms with van der Waals surface area (Å²) >= 11 is 0. The number of aromatic hydroxyl groups is 1. The molecule has 0 spiro atoms. The monoisotopic (exact) mass is 348 g/mol. The maximum atomic E-state index is 12.9. The van der Waals surface area contributed by atoms with Crippen LogP contribution in [0.25, 0.3) is 0 Å². The van der Waals surface area contributed by atoms with E-state index in [1.165, 1.54) is 53.7 Å². The van der Waals surface area contributed by atoms with Gasteiger partial charge in [0, 0.05) is 5.56 Å². The second kappa shape index (κ2) is 7.65. The number of hydrogen-bond donors (Lipinski definition) is 1. The zero-order valence-corrected chi connectivity index (χ0v) is 14.7. The average molecular weight is 348 g/mol. The van der Waals surface area contributed by atoms with Gasteiger partial charge in [-0.15, -0.1) is 0 Å². The Morgan fingerprint density at radius 1 is 0.760 bits per heavy atom. The summed E-state index contributed by atoms with van der Waals surface area (Å²) in [7, 11) is 7.21. The van der Waals surface area contributed by atoms with Gasteiger partial charge < -0.3 is 28.8 Å². The quantitative estimate of drug-likeness (QED) is 0.770. The molecular formula is C18H20O7. The van der Waals surface area contributed by atoms with E-state index in [2.05, 4.69) is 0 Å². The van der Waals surface area contributed by atoms with Crippen LogP contribution in [-0.2, 0) is 0 Å². The number of benzene rings is 2. The molecule has 7 nitrogen and oxygen atoms in total. The van der Waals surface area contributed by atoms with Crippen molar-refractivity contribution in [2.45, 2.75) is 0 Å². The topological polar surface area (TPSA) is 83.5 Å². The summed E-state index contributed by atoms with van der Waals surface area (Å²) in [6.07, 6.45) is 0. The van der Waals surface area contributed by atoms with Crippen molar-refractivity contribution < 1.29 is 33.6 Å². The SMILES string of the molecule is COc1cc(C(=O)c2ccc(OC)c(OC)c2O)cc(OC)c1OC. The smallest absolute Gasteiger partial charge is 0.203 e. The fraction of sp³-hybridized carbons (Fsp3) is 0.278. The first-order valence-corrected chi connectivity index (χ1v) is 7.30. The molecule has 7 heteroatoms. The Hall–Kier alpha value is -3.09. The number of ketones is 1. The minimum absolute atomic E-state index is 0.0620. The first-order valence-electron chi connectivity index (χ1n) is 7.30. The van der Waals surface area contributed by atoms with Gasteiger partial charge in [0.05, 0.1) is 41.1 Å². The Balaban J connectivity index is 2.58. The highest BCUT2D eigenvalue weighted by molar-refractivity contribution is 6.12. The summed E-state index contributed by atoms with van der Waals surface area (Å²) in [6.45, 7) is 0. The van der Waals surface area contributed by atoms with Gasteiger partial charge in [-0.3, -0.25) is 4.79 Å². The van der Waals surface area contributed by atoms with E-state index >= 15 is 0 Å². The van der Waals surface area contributed by atoms with Crippen molar-refractivity contribution in [2.24, 2.45) is 0 Å². The zero-order valence-electron chi connectivity index (χ0n) is 14.7. The lowest BCUT2D eigenvalue weighted by Gasteiger charge is -2.15. The predicted octanol–water partition coefficient (Wildman–Crippen LogP) is 2.67. The first kappa shape index (κ1) is 18.3. The Labute approximate surface area is 145 Å². The molecule has 2 aromatic rings. The molecule has 134 valence electrons. The van der Waals surface area contributed by atoms with Gasteiger partial charge in [-0.05, 0) is 24.3 Å². The number of rotatable bonds is 7. The van der Waals surface area contributed by atoms with Gasteiger partial charge in [0.1, 0.15) is 0 Å². The molecule has 0 heterocycles. The van der Waals surface area contributed by atoms with Crippen LogP contribution in [0.1, 0.15) is 15.9 Å². The molecule has 0 unspecified atom stereocenters. The molecule has 1 N–H and O–H groups in total. The predicted molar refractivity (Wildman–Crippen MR) is 90.7 cm³/mol. The van der Waals surface area contributed by atoms with Crippen LogP contribution >= 0.6 is 0 Å². The number of phenolic OH excluding ortho intramolecular Hbond substituents is 1. The number of carbonyl (C=O) groups excluding carboxylic acids is 1. The lowest BCUT2D eigenvalue weighted by molar-refractivity contribution is 0.103. The number of ether oxygens (including phenoxy) is 5. The molecule has 0 aliphatic heterocycles. The first-order chi connectivity index (χ1) is 12.0. The van der Waals surface area contributed by atoms with E-state index in [1.807, 2.05) is 0 Å². The minimum atomic E-state index is -0.433. The van der Waals surface area contributed by atoms with Crippen LogP contribution < -0.4 is 23.7 Å². The van der Waals surface area contributed by atoms with Gasteiger partial charge in [-0.2, -0.15) is 0 Å². The number of hydrogen-bond acceptors (Lipinski definition) is 7. The Morgan fingerprint density at radius 2 is 1.28 bits per heavy atom. The molecule has 0 amide bonds. The second-order valence-electron chi connectivity index (χ2n) is 4.94. The number of carbonyl (C=O) groups is 1. The van der Waals surface area contributed by atoms with Crippen molar-refractivity contribution in [3.63, 3.8) is 0 Å². The van der Waals surface area contributed by atoms with Crippen molar-refractivity contribution in [3.05, 3.63) is 35.4 Å². The maximum absolute atomic E-state index is 12.9. The second-order valence-corrected chi connectivity index (χ2v) is 4.94. The standard InChI is InChI=1S/C18H20O7/c1-21-12-7-6-11(16(20)18(12)25-5)15(19)10-8-13(22-2)17(24-4)14(9-10)23-3/h6-9,20H,1-5H3. The molecule has 25 heavy (non-hydrogen) atoms. The highest BCUT2D eigenvalue weighted by atomic mass is 16.5. The summed E-state index contributed by atoms with van der Waals surface area (Å²) in [4.78, 5) is 12.9. The van der Waals surface area contributed by atoms with Crippen LogP contribution in [0.4, 0.5) is 0 Å².